The maximum Gasteiger partial charge on any atom is 0.408 e. The minimum Gasteiger partial charge on any atom is -0.485 e. The highest BCUT2D eigenvalue weighted by atomic mass is 16.6. The Bertz CT molecular complexity index is 834. The monoisotopic (exact) mass is 477 g/mol. The van der Waals surface area contributed by atoms with Crippen molar-refractivity contribution in [3.63, 3.8) is 0 Å². The lowest BCUT2D eigenvalue weighted by Gasteiger charge is -2.42. The van der Waals surface area contributed by atoms with Crippen molar-refractivity contribution >= 4 is 12.0 Å². The molecular weight excluding hydrogens is 434 g/mol. The molecule has 8 heteroatoms. The Morgan fingerprint density at radius 2 is 1.91 bits per heavy atom. The third-order valence-electron chi connectivity index (χ3n) is 5.87. The van der Waals surface area contributed by atoms with Crippen LogP contribution in [0.2, 0.25) is 0 Å². The molecule has 0 aliphatic carbocycles. The molecule has 3 N–H and O–H groups in total. The van der Waals surface area contributed by atoms with Crippen LogP contribution in [0.15, 0.2) is 18.2 Å². The third-order valence-corrected chi connectivity index (χ3v) is 5.87. The topological polar surface area (TPSA) is 100 Å². The Hall–Kier alpha value is -2.32. The molecule has 1 aliphatic heterocycles. The van der Waals surface area contributed by atoms with Crippen molar-refractivity contribution in [2.75, 3.05) is 26.2 Å². The summed E-state index contributed by atoms with van der Waals surface area (Å²) in [5.41, 5.74) is -0.169. The highest BCUT2D eigenvalue weighted by Gasteiger charge is 2.44. The third kappa shape index (κ3) is 8.17. The van der Waals surface area contributed by atoms with Crippen LogP contribution in [0.5, 0.6) is 5.75 Å². The van der Waals surface area contributed by atoms with E-state index >= 15 is 0 Å². The van der Waals surface area contributed by atoms with Crippen molar-refractivity contribution in [1.82, 2.24) is 15.5 Å². The highest BCUT2D eigenvalue weighted by Crippen LogP contribution is 2.40. The van der Waals surface area contributed by atoms with Gasteiger partial charge < -0.3 is 30.1 Å². The van der Waals surface area contributed by atoms with Gasteiger partial charge in [-0.25, -0.2) is 4.79 Å². The van der Waals surface area contributed by atoms with E-state index in [9.17, 15) is 14.7 Å². The first-order chi connectivity index (χ1) is 15.9. The van der Waals surface area contributed by atoms with Gasteiger partial charge in [-0.2, -0.15) is 0 Å². The second kappa shape index (κ2) is 11.9. The van der Waals surface area contributed by atoms with Gasteiger partial charge in [-0.05, 0) is 71.8 Å². The Balaban J connectivity index is 2.09. The molecule has 192 valence electrons. The predicted octanol–water partition coefficient (Wildman–Crippen LogP) is 3.57. The van der Waals surface area contributed by atoms with E-state index in [-0.39, 0.29) is 12.3 Å². The summed E-state index contributed by atoms with van der Waals surface area (Å²) in [4.78, 5) is 27.3. The number of nitrogens with one attached hydrogen (secondary N) is 2. The smallest absolute Gasteiger partial charge is 0.408 e. The van der Waals surface area contributed by atoms with Crippen LogP contribution in [0.3, 0.4) is 0 Å². The van der Waals surface area contributed by atoms with Crippen molar-refractivity contribution in [2.45, 2.75) is 91.1 Å². The Morgan fingerprint density at radius 3 is 2.53 bits per heavy atom. The molecule has 0 bridgehead atoms. The van der Waals surface area contributed by atoms with Crippen LogP contribution < -0.4 is 15.4 Å². The Kier molecular flexibility index (Phi) is 9.76. The van der Waals surface area contributed by atoms with Gasteiger partial charge in [-0.3, -0.25) is 4.79 Å². The number of amides is 2. The SMILES string of the molecule is CCCCN(CC)CCNC(=O)Cc1ccc2c(c1)C(NC(=O)OC(C)(C)C)C(O)C(C)(C)O2. The normalized spacial score (nSPS) is 19.2. The number of ether oxygens (including phenoxy) is 2. The predicted molar refractivity (Wildman–Crippen MR) is 133 cm³/mol. The molecule has 0 radical (unpaired) electrons. The van der Waals surface area contributed by atoms with E-state index in [1.54, 1.807) is 40.7 Å². The standard InChI is InChI=1S/C26H43N3O5/c1-8-10-14-29(9-2)15-13-27-21(30)17-18-11-12-20-19(16-18)22(23(31)26(6,7)33-20)28-24(32)34-25(3,4)5/h11-12,16,22-23,31H,8-10,13-15,17H2,1-7H3,(H,27,30)(H,28,32). The lowest BCUT2D eigenvalue weighted by Crippen LogP contribution is -2.54. The second-order valence-corrected chi connectivity index (χ2v) is 10.5. The number of unbranched alkanes of at least 4 members (excludes halogenated alkanes) is 1. The zero-order chi connectivity index (χ0) is 25.5. The second-order valence-electron chi connectivity index (χ2n) is 10.5. The number of rotatable bonds is 10. The van der Waals surface area contributed by atoms with E-state index in [1.165, 1.54) is 0 Å². The van der Waals surface area contributed by atoms with Crippen LogP contribution in [0, 0.1) is 0 Å². The number of nitrogens with zero attached hydrogens (tertiary/aromatic N) is 1. The van der Waals surface area contributed by atoms with Gasteiger partial charge in [-0.1, -0.05) is 26.3 Å². The van der Waals surface area contributed by atoms with E-state index in [0.717, 1.165) is 38.0 Å². The van der Waals surface area contributed by atoms with Crippen molar-refractivity contribution in [3.05, 3.63) is 29.3 Å². The minimum atomic E-state index is -1.00. The van der Waals surface area contributed by atoms with Gasteiger partial charge in [0, 0.05) is 18.7 Å². The largest absolute Gasteiger partial charge is 0.485 e. The lowest BCUT2D eigenvalue weighted by atomic mass is 9.85. The quantitative estimate of drug-likeness (QED) is 0.476. The highest BCUT2D eigenvalue weighted by molar-refractivity contribution is 5.78. The van der Waals surface area contributed by atoms with Gasteiger partial charge in [0.25, 0.3) is 0 Å². The van der Waals surface area contributed by atoms with Crippen molar-refractivity contribution in [3.8, 4) is 5.75 Å². The fourth-order valence-corrected chi connectivity index (χ4v) is 3.96. The van der Waals surface area contributed by atoms with Gasteiger partial charge in [-0.15, -0.1) is 0 Å². The molecule has 2 atom stereocenters. The number of likely N-dealkylation sites (N-methyl/N-ethyl adjacent to an activating group) is 1. The number of aliphatic hydroxyl groups is 1. The van der Waals surface area contributed by atoms with E-state index in [4.69, 9.17) is 9.47 Å². The summed E-state index contributed by atoms with van der Waals surface area (Å²) in [5, 5.41) is 16.7. The first-order valence-corrected chi connectivity index (χ1v) is 12.3. The molecule has 1 aromatic rings. The summed E-state index contributed by atoms with van der Waals surface area (Å²) in [6.07, 6.45) is 0.889. The van der Waals surface area contributed by atoms with Gasteiger partial charge in [0.2, 0.25) is 5.91 Å². The molecule has 0 saturated heterocycles. The molecule has 1 aliphatic rings. The van der Waals surface area contributed by atoms with Crippen LogP contribution >= 0.6 is 0 Å². The number of hydrogen-bond donors (Lipinski definition) is 3. The summed E-state index contributed by atoms with van der Waals surface area (Å²) >= 11 is 0. The van der Waals surface area contributed by atoms with Crippen LogP contribution in [0.4, 0.5) is 4.79 Å². The van der Waals surface area contributed by atoms with E-state index < -0.39 is 29.4 Å². The zero-order valence-corrected chi connectivity index (χ0v) is 21.9. The maximum absolute atomic E-state index is 12.5. The van der Waals surface area contributed by atoms with Crippen LogP contribution in [-0.4, -0.2) is 65.5 Å². The molecular formula is C26H43N3O5. The Labute approximate surface area is 204 Å². The van der Waals surface area contributed by atoms with Gasteiger partial charge >= 0.3 is 6.09 Å². The van der Waals surface area contributed by atoms with Crippen LogP contribution in [-0.2, 0) is 16.0 Å². The average Bonchev–Trinajstić information content (AvgIpc) is 2.73. The fraction of sp³-hybridized carbons (Fsp3) is 0.692. The average molecular weight is 478 g/mol. The van der Waals surface area contributed by atoms with Crippen molar-refractivity contribution in [2.24, 2.45) is 0 Å². The first kappa shape index (κ1) is 27.9. The lowest BCUT2D eigenvalue weighted by molar-refractivity contribution is -0.120. The van der Waals surface area contributed by atoms with Gasteiger partial charge in [0.1, 0.15) is 23.1 Å². The zero-order valence-electron chi connectivity index (χ0n) is 21.9. The molecule has 8 nitrogen and oxygen atoms in total. The summed E-state index contributed by atoms with van der Waals surface area (Å²) in [5.74, 6) is 0.496. The van der Waals surface area contributed by atoms with E-state index in [1.807, 2.05) is 12.1 Å². The number of fused-ring (bicyclic) bond motifs is 1. The number of carbonyl (C=O) groups is 2. The molecule has 1 heterocycles. The molecule has 0 saturated carbocycles. The molecule has 34 heavy (non-hydrogen) atoms. The number of benzene rings is 1. The molecule has 2 unspecified atom stereocenters. The molecule has 0 spiro atoms. The fourth-order valence-electron chi connectivity index (χ4n) is 3.96. The van der Waals surface area contributed by atoms with Gasteiger partial charge in [0.15, 0.2) is 0 Å². The number of aliphatic hydroxyl groups excluding tert-OH is 1. The first-order valence-electron chi connectivity index (χ1n) is 12.3. The summed E-state index contributed by atoms with van der Waals surface area (Å²) in [6.45, 7) is 16.6. The number of carbonyl (C=O) groups excluding carboxylic acids is 2. The summed E-state index contributed by atoms with van der Waals surface area (Å²) < 4.78 is 11.4. The molecule has 1 aromatic carbocycles. The maximum atomic E-state index is 12.5. The summed E-state index contributed by atoms with van der Waals surface area (Å²) in [6, 6.07) is 4.72. The van der Waals surface area contributed by atoms with Crippen LogP contribution in [0.1, 0.15) is 78.5 Å². The molecule has 2 rings (SSSR count). The van der Waals surface area contributed by atoms with Crippen LogP contribution in [0.25, 0.3) is 0 Å². The number of alkyl carbamates (subject to hydrolysis) is 1. The molecule has 2 amide bonds. The Morgan fingerprint density at radius 1 is 1.21 bits per heavy atom. The molecule has 0 aromatic heterocycles. The van der Waals surface area contributed by atoms with Crippen molar-refractivity contribution in [1.29, 1.82) is 0 Å². The minimum absolute atomic E-state index is 0.0687. The van der Waals surface area contributed by atoms with Crippen molar-refractivity contribution < 1.29 is 24.2 Å². The number of hydrogen-bond acceptors (Lipinski definition) is 6. The van der Waals surface area contributed by atoms with Gasteiger partial charge in [0.05, 0.1) is 12.5 Å². The van der Waals surface area contributed by atoms with E-state index in [0.29, 0.717) is 17.9 Å². The molecule has 0 fully saturated rings. The van der Waals surface area contributed by atoms with E-state index in [2.05, 4.69) is 29.4 Å². The summed E-state index contributed by atoms with van der Waals surface area (Å²) in [7, 11) is 0.